The van der Waals surface area contributed by atoms with Crippen molar-refractivity contribution in [3.8, 4) is 11.4 Å². The van der Waals surface area contributed by atoms with Crippen molar-refractivity contribution in [3.63, 3.8) is 0 Å². The highest BCUT2D eigenvalue weighted by Crippen LogP contribution is 2.24. The maximum Gasteiger partial charge on any atom is 0.232 e. The second-order valence-corrected chi connectivity index (χ2v) is 5.58. The number of methoxy groups -OCH3 is 1. The molecule has 24 heavy (non-hydrogen) atoms. The van der Waals surface area contributed by atoms with Crippen molar-refractivity contribution in [2.45, 2.75) is 6.54 Å². The smallest absolute Gasteiger partial charge is 0.232 e. The van der Waals surface area contributed by atoms with Crippen molar-refractivity contribution in [2.24, 2.45) is 0 Å². The molecule has 2 aromatic carbocycles. The first-order valence-electron chi connectivity index (χ1n) is 6.72. The second-order valence-electron chi connectivity index (χ2n) is 4.80. The molecule has 10 heteroatoms. The van der Waals surface area contributed by atoms with Gasteiger partial charge in [0, 0.05) is 18.2 Å². The summed E-state index contributed by atoms with van der Waals surface area (Å²) >= 11 is -2.32. The number of ether oxygens (including phenoxy) is 1. The van der Waals surface area contributed by atoms with Gasteiger partial charge in [0.25, 0.3) is 0 Å². The van der Waals surface area contributed by atoms with Crippen LogP contribution in [0, 0.1) is 11.6 Å². The Hall–Kier alpha value is -2.43. The van der Waals surface area contributed by atoms with Gasteiger partial charge in [0.2, 0.25) is 11.3 Å². The average Bonchev–Trinajstić information content (AvgIpc) is 2.99. The fourth-order valence-corrected chi connectivity index (χ4v) is 2.51. The Morgan fingerprint density at radius 3 is 2.79 bits per heavy atom. The van der Waals surface area contributed by atoms with Crippen molar-refractivity contribution >= 4 is 22.3 Å². The number of fused-ring (bicyclic) bond motifs is 1. The molecule has 0 bridgehead atoms. The summed E-state index contributed by atoms with van der Waals surface area (Å²) in [5.74, 6) is -1.68. The van der Waals surface area contributed by atoms with Crippen LogP contribution in [-0.2, 0) is 17.8 Å². The van der Waals surface area contributed by atoms with Gasteiger partial charge in [-0.05, 0) is 18.2 Å². The van der Waals surface area contributed by atoms with Crippen LogP contribution in [0.5, 0.6) is 5.75 Å². The molecule has 0 aliphatic rings. The zero-order chi connectivity index (χ0) is 17.3. The first-order valence-corrected chi connectivity index (χ1v) is 7.83. The van der Waals surface area contributed by atoms with Crippen LogP contribution < -0.4 is 9.46 Å². The van der Waals surface area contributed by atoms with Gasteiger partial charge in [-0.2, -0.15) is 0 Å². The molecule has 0 fully saturated rings. The van der Waals surface area contributed by atoms with Gasteiger partial charge in [-0.3, -0.25) is 4.55 Å². The lowest BCUT2D eigenvalue weighted by Gasteiger charge is -2.09. The second kappa shape index (κ2) is 6.59. The van der Waals surface area contributed by atoms with E-state index in [-0.39, 0.29) is 17.8 Å². The van der Waals surface area contributed by atoms with E-state index in [2.05, 4.69) is 15.0 Å². The van der Waals surface area contributed by atoms with Crippen LogP contribution >= 0.6 is 0 Å². The van der Waals surface area contributed by atoms with Crippen LogP contribution in [-0.4, -0.2) is 30.9 Å². The molecule has 1 atom stereocenters. The Morgan fingerprint density at radius 2 is 2.08 bits per heavy atom. The summed E-state index contributed by atoms with van der Waals surface area (Å²) in [6.07, 6.45) is 0. The van der Waals surface area contributed by atoms with E-state index >= 15 is 0 Å². The number of halogens is 2. The summed E-state index contributed by atoms with van der Waals surface area (Å²) in [4.78, 5) is 0. The average molecular weight is 354 g/mol. The van der Waals surface area contributed by atoms with Crippen molar-refractivity contribution in [2.75, 3.05) is 7.11 Å². The van der Waals surface area contributed by atoms with Gasteiger partial charge in [-0.15, -0.1) is 5.10 Å². The number of rotatable bonds is 5. The Morgan fingerprint density at radius 1 is 1.29 bits per heavy atom. The predicted octanol–water partition coefficient (Wildman–Crippen LogP) is 1.93. The van der Waals surface area contributed by atoms with E-state index in [9.17, 15) is 13.0 Å². The van der Waals surface area contributed by atoms with E-state index in [1.807, 2.05) is 0 Å². The third-order valence-electron chi connectivity index (χ3n) is 3.41. The van der Waals surface area contributed by atoms with E-state index in [0.717, 1.165) is 0 Å². The minimum atomic E-state index is -2.32. The first kappa shape index (κ1) is 16.4. The van der Waals surface area contributed by atoms with Gasteiger partial charge in [-0.1, -0.05) is 11.3 Å². The first-order chi connectivity index (χ1) is 11.5. The number of hydrogen-bond acceptors (Lipinski definition) is 4. The predicted molar refractivity (Wildman–Crippen MR) is 82.9 cm³/mol. The highest BCUT2D eigenvalue weighted by molar-refractivity contribution is 7.77. The summed E-state index contributed by atoms with van der Waals surface area (Å²) in [7, 11) is 1.51. The SMILES string of the molecule is COc1ccc2c(c1)nnn2-c1ccc(CNS(=O)O)c(F)c1F. The molecule has 0 saturated heterocycles. The van der Waals surface area contributed by atoms with Crippen LogP contribution in [0.1, 0.15) is 5.56 Å². The third-order valence-corrected chi connectivity index (χ3v) is 3.80. The summed E-state index contributed by atoms with van der Waals surface area (Å²) in [5, 5.41) is 7.76. The van der Waals surface area contributed by atoms with Crippen molar-refractivity contribution in [3.05, 3.63) is 47.5 Å². The van der Waals surface area contributed by atoms with Gasteiger partial charge in [0.15, 0.2) is 11.6 Å². The van der Waals surface area contributed by atoms with Crippen LogP contribution in [0.4, 0.5) is 8.78 Å². The number of benzene rings is 2. The number of hydrogen-bond donors (Lipinski definition) is 2. The number of aromatic nitrogens is 3. The molecule has 7 nitrogen and oxygen atoms in total. The fraction of sp³-hybridized carbons (Fsp3) is 0.143. The molecule has 1 unspecified atom stereocenters. The van der Waals surface area contributed by atoms with Crippen LogP contribution in [0.2, 0.25) is 0 Å². The van der Waals surface area contributed by atoms with Crippen molar-refractivity contribution in [1.82, 2.24) is 19.7 Å². The highest BCUT2D eigenvalue weighted by atomic mass is 32.2. The molecule has 0 radical (unpaired) electrons. The van der Waals surface area contributed by atoms with E-state index in [1.165, 1.54) is 23.9 Å². The molecule has 0 amide bonds. The zero-order valence-corrected chi connectivity index (χ0v) is 13.2. The quantitative estimate of drug-likeness (QED) is 0.684. The van der Waals surface area contributed by atoms with Gasteiger partial charge < -0.3 is 4.74 Å². The van der Waals surface area contributed by atoms with E-state index < -0.39 is 22.9 Å². The molecule has 0 saturated carbocycles. The molecule has 0 aliphatic heterocycles. The van der Waals surface area contributed by atoms with Gasteiger partial charge in [-0.25, -0.2) is 22.4 Å². The van der Waals surface area contributed by atoms with E-state index in [1.54, 1.807) is 18.2 Å². The number of nitrogens with zero attached hydrogens (tertiary/aromatic N) is 3. The maximum atomic E-state index is 14.4. The van der Waals surface area contributed by atoms with Crippen molar-refractivity contribution in [1.29, 1.82) is 0 Å². The minimum absolute atomic E-state index is 0.0789. The normalized spacial score (nSPS) is 12.5. The molecule has 1 aromatic heterocycles. The molecule has 1 heterocycles. The van der Waals surface area contributed by atoms with Crippen LogP contribution in [0.3, 0.4) is 0 Å². The highest BCUT2D eigenvalue weighted by Gasteiger charge is 2.18. The summed E-state index contributed by atoms with van der Waals surface area (Å²) in [6, 6.07) is 7.56. The lowest BCUT2D eigenvalue weighted by atomic mass is 10.1. The summed E-state index contributed by atoms with van der Waals surface area (Å²) in [5.41, 5.74) is 0.755. The monoisotopic (exact) mass is 354 g/mol. The third kappa shape index (κ3) is 2.98. The fourth-order valence-electron chi connectivity index (χ4n) is 2.23. The van der Waals surface area contributed by atoms with Gasteiger partial charge >= 0.3 is 0 Å². The van der Waals surface area contributed by atoms with E-state index in [0.29, 0.717) is 16.8 Å². The van der Waals surface area contributed by atoms with Crippen LogP contribution in [0.15, 0.2) is 30.3 Å². The Kier molecular flexibility index (Phi) is 4.51. The molecular weight excluding hydrogens is 342 g/mol. The molecule has 0 aliphatic carbocycles. The van der Waals surface area contributed by atoms with Gasteiger partial charge in [0.05, 0.1) is 12.6 Å². The Bertz CT molecular complexity index is 932. The lowest BCUT2D eigenvalue weighted by Crippen LogP contribution is -2.17. The molecular formula is C14H12F2N4O3S. The Balaban J connectivity index is 2.04. The molecule has 0 spiro atoms. The molecule has 3 rings (SSSR count). The van der Waals surface area contributed by atoms with E-state index in [4.69, 9.17) is 9.29 Å². The Labute approximate surface area is 137 Å². The maximum absolute atomic E-state index is 14.4. The molecule has 3 aromatic rings. The van der Waals surface area contributed by atoms with Gasteiger partial charge in [0.1, 0.15) is 17.0 Å². The largest absolute Gasteiger partial charge is 0.497 e. The zero-order valence-electron chi connectivity index (χ0n) is 12.4. The van der Waals surface area contributed by atoms with Crippen molar-refractivity contribution < 1.29 is 22.3 Å². The topological polar surface area (TPSA) is 89.3 Å². The number of nitrogens with one attached hydrogen (secondary N) is 1. The summed E-state index contributed by atoms with van der Waals surface area (Å²) in [6.45, 7) is -0.290. The lowest BCUT2D eigenvalue weighted by molar-refractivity contribution is 0.415. The summed E-state index contributed by atoms with van der Waals surface area (Å²) < 4.78 is 56.1. The van der Waals surface area contributed by atoms with Crippen LogP contribution in [0.25, 0.3) is 16.7 Å². The standard InChI is InChI=1S/C14H12F2N4O3S/c1-23-9-3-5-11-10(6-9)18-19-20(11)12-4-2-8(7-17-24(21)22)13(15)14(12)16/h2-6,17H,7H2,1H3,(H,21,22). The molecule has 126 valence electrons. The molecule has 2 N–H and O–H groups in total. The minimum Gasteiger partial charge on any atom is -0.497 e.